The van der Waals surface area contributed by atoms with Gasteiger partial charge < -0.3 is 5.11 Å². The van der Waals surface area contributed by atoms with Crippen LogP contribution in [0.3, 0.4) is 0 Å². The number of benzene rings is 2. The Balaban J connectivity index is 1.83. The first-order chi connectivity index (χ1) is 8.88. The molecule has 0 amide bonds. The Kier molecular flexibility index (Phi) is 3.13. The van der Waals surface area contributed by atoms with Crippen LogP contribution in [0.4, 0.5) is 0 Å². The van der Waals surface area contributed by atoms with E-state index < -0.39 is 0 Å². The Morgan fingerprint density at radius 2 is 1.72 bits per heavy atom. The maximum atomic E-state index is 9.62. The Hall–Kier alpha value is -1.64. The van der Waals surface area contributed by atoms with Crippen molar-refractivity contribution in [2.45, 2.75) is 19.1 Å². The Morgan fingerprint density at radius 3 is 2.50 bits per heavy atom. The van der Waals surface area contributed by atoms with Crippen LogP contribution in [0, 0.1) is 0 Å². The van der Waals surface area contributed by atoms with Crippen molar-refractivity contribution in [2.24, 2.45) is 0 Å². The highest BCUT2D eigenvalue weighted by Gasteiger charge is 2.28. The molecule has 1 aliphatic rings. The normalized spacial score (nSPS) is 18.8. The van der Waals surface area contributed by atoms with Crippen LogP contribution in [0.25, 0.3) is 0 Å². The van der Waals surface area contributed by atoms with Crippen LogP contribution < -0.4 is 0 Å². The fourth-order valence-electron chi connectivity index (χ4n) is 2.73. The molecule has 1 unspecified atom stereocenters. The maximum absolute atomic E-state index is 9.62. The van der Waals surface area contributed by atoms with E-state index >= 15 is 0 Å². The summed E-state index contributed by atoms with van der Waals surface area (Å²) in [4.78, 5) is 2.33. The lowest BCUT2D eigenvalue weighted by Gasteiger charge is -2.23. The van der Waals surface area contributed by atoms with Crippen molar-refractivity contribution in [1.29, 1.82) is 0 Å². The van der Waals surface area contributed by atoms with E-state index in [1.165, 1.54) is 16.7 Å². The van der Waals surface area contributed by atoms with E-state index in [0.29, 0.717) is 0 Å². The van der Waals surface area contributed by atoms with Crippen molar-refractivity contribution < 1.29 is 5.11 Å². The van der Waals surface area contributed by atoms with Crippen molar-refractivity contribution >= 4 is 0 Å². The van der Waals surface area contributed by atoms with E-state index in [1.807, 2.05) is 12.1 Å². The molecule has 0 aromatic heterocycles. The molecule has 1 heterocycles. The minimum Gasteiger partial charge on any atom is -0.394 e. The highest BCUT2D eigenvalue weighted by atomic mass is 16.3. The molecule has 0 spiro atoms. The highest BCUT2D eigenvalue weighted by molar-refractivity contribution is 5.34. The fourth-order valence-corrected chi connectivity index (χ4v) is 2.73. The van der Waals surface area contributed by atoms with Gasteiger partial charge in [0.15, 0.2) is 0 Å². The van der Waals surface area contributed by atoms with Crippen LogP contribution in [0.2, 0.25) is 0 Å². The average Bonchev–Trinajstić information content (AvgIpc) is 2.77. The molecule has 0 saturated carbocycles. The number of aliphatic hydroxyl groups is 1. The number of hydrogen-bond donors (Lipinski definition) is 1. The number of rotatable bonds is 3. The molecule has 18 heavy (non-hydrogen) atoms. The summed E-state index contributed by atoms with van der Waals surface area (Å²) in [6.45, 7) is 2.00. The molecule has 2 nitrogen and oxygen atoms in total. The Morgan fingerprint density at radius 1 is 1.00 bits per heavy atom. The van der Waals surface area contributed by atoms with Gasteiger partial charge in [-0.1, -0.05) is 54.6 Å². The summed E-state index contributed by atoms with van der Waals surface area (Å²) in [6, 6.07) is 19.0. The second-order valence-electron chi connectivity index (χ2n) is 4.79. The zero-order valence-corrected chi connectivity index (χ0v) is 10.3. The molecule has 1 N–H and O–H groups in total. The Bertz CT molecular complexity index is 524. The van der Waals surface area contributed by atoms with E-state index in [-0.39, 0.29) is 12.6 Å². The summed E-state index contributed by atoms with van der Waals surface area (Å²) < 4.78 is 0. The molecular formula is C16H17NO. The van der Waals surface area contributed by atoms with Crippen molar-refractivity contribution in [3.05, 3.63) is 71.3 Å². The molecular weight excluding hydrogens is 222 g/mol. The molecule has 2 heteroatoms. The average molecular weight is 239 g/mol. The zero-order valence-electron chi connectivity index (χ0n) is 10.3. The third kappa shape index (κ3) is 2.05. The summed E-state index contributed by atoms with van der Waals surface area (Å²) in [5.41, 5.74) is 3.91. The fraction of sp³-hybridized carbons (Fsp3) is 0.250. The van der Waals surface area contributed by atoms with Crippen LogP contribution >= 0.6 is 0 Å². The lowest BCUT2D eigenvalue weighted by molar-refractivity contribution is 0.129. The van der Waals surface area contributed by atoms with Gasteiger partial charge in [-0.2, -0.15) is 0 Å². The molecule has 2 aromatic carbocycles. The van der Waals surface area contributed by atoms with Crippen molar-refractivity contribution in [2.75, 3.05) is 6.61 Å². The van der Waals surface area contributed by atoms with Crippen molar-refractivity contribution in [1.82, 2.24) is 4.90 Å². The predicted octanol–water partition coefficient (Wildman–Crippen LogP) is 2.74. The van der Waals surface area contributed by atoms with Gasteiger partial charge in [-0.15, -0.1) is 0 Å². The van der Waals surface area contributed by atoms with E-state index in [4.69, 9.17) is 0 Å². The molecule has 0 saturated heterocycles. The third-order valence-electron chi connectivity index (χ3n) is 3.63. The van der Waals surface area contributed by atoms with Gasteiger partial charge >= 0.3 is 0 Å². The van der Waals surface area contributed by atoms with Gasteiger partial charge in [0.2, 0.25) is 0 Å². The monoisotopic (exact) mass is 239 g/mol. The first-order valence-corrected chi connectivity index (χ1v) is 6.35. The smallest absolute Gasteiger partial charge is 0.0628 e. The zero-order chi connectivity index (χ0) is 12.4. The molecule has 1 aliphatic heterocycles. The van der Waals surface area contributed by atoms with Gasteiger partial charge in [-0.3, -0.25) is 4.90 Å². The van der Waals surface area contributed by atoms with Crippen LogP contribution in [-0.2, 0) is 13.1 Å². The van der Waals surface area contributed by atoms with Gasteiger partial charge in [-0.05, 0) is 16.7 Å². The maximum Gasteiger partial charge on any atom is 0.0628 e. The van der Waals surface area contributed by atoms with Gasteiger partial charge in [0.1, 0.15) is 0 Å². The topological polar surface area (TPSA) is 23.5 Å². The summed E-state index contributed by atoms with van der Waals surface area (Å²) >= 11 is 0. The summed E-state index contributed by atoms with van der Waals surface area (Å²) in [6.07, 6.45) is 0. The summed E-state index contributed by atoms with van der Waals surface area (Å²) in [7, 11) is 0. The molecule has 3 rings (SSSR count). The molecule has 0 aliphatic carbocycles. The van der Waals surface area contributed by atoms with E-state index in [0.717, 1.165) is 13.1 Å². The molecule has 0 fully saturated rings. The van der Waals surface area contributed by atoms with E-state index in [9.17, 15) is 5.11 Å². The molecule has 92 valence electrons. The lowest BCUT2D eigenvalue weighted by Crippen LogP contribution is -2.24. The van der Waals surface area contributed by atoms with Gasteiger partial charge in [0, 0.05) is 13.1 Å². The lowest BCUT2D eigenvalue weighted by atomic mass is 10.1. The minimum absolute atomic E-state index is 0.140. The largest absolute Gasteiger partial charge is 0.394 e. The second-order valence-corrected chi connectivity index (χ2v) is 4.79. The molecule has 0 radical (unpaired) electrons. The van der Waals surface area contributed by atoms with E-state index in [2.05, 4.69) is 47.4 Å². The third-order valence-corrected chi connectivity index (χ3v) is 3.63. The molecule has 2 aromatic rings. The number of hydrogen-bond acceptors (Lipinski definition) is 2. The number of nitrogens with zero attached hydrogens (tertiary/aromatic N) is 1. The SMILES string of the molecule is OCC1c2ccccc2CN1Cc1ccccc1. The van der Waals surface area contributed by atoms with Gasteiger partial charge in [-0.25, -0.2) is 0 Å². The second kappa shape index (κ2) is 4.92. The first-order valence-electron chi connectivity index (χ1n) is 6.35. The van der Waals surface area contributed by atoms with Crippen molar-refractivity contribution in [3.8, 4) is 0 Å². The van der Waals surface area contributed by atoms with Crippen molar-refractivity contribution in [3.63, 3.8) is 0 Å². The van der Waals surface area contributed by atoms with Crippen LogP contribution in [0.5, 0.6) is 0 Å². The van der Waals surface area contributed by atoms with Crippen LogP contribution in [0.1, 0.15) is 22.7 Å². The van der Waals surface area contributed by atoms with Gasteiger partial charge in [0.25, 0.3) is 0 Å². The van der Waals surface area contributed by atoms with E-state index in [1.54, 1.807) is 0 Å². The van der Waals surface area contributed by atoms with Crippen LogP contribution in [0.15, 0.2) is 54.6 Å². The Labute approximate surface area is 107 Å². The van der Waals surface area contributed by atoms with Gasteiger partial charge in [0.05, 0.1) is 12.6 Å². The molecule has 1 atom stereocenters. The minimum atomic E-state index is 0.140. The standard InChI is InChI=1S/C16H17NO/c18-12-16-15-9-5-4-8-14(15)11-17(16)10-13-6-2-1-3-7-13/h1-9,16,18H,10-12H2. The highest BCUT2D eigenvalue weighted by Crippen LogP contribution is 2.34. The quantitative estimate of drug-likeness (QED) is 0.890. The first kappa shape index (κ1) is 11.5. The predicted molar refractivity (Wildman–Crippen MR) is 72.0 cm³/mol. The van der Waals surface area contributed by atoms with Crippen LogP contribution in [-0.4, -0.2) is 16.6 Å². The molecule has 0 bridgehead atoms. The summed E-state index contributed by atoms with van der Waals surface area (Å²) in [5.74, 6) is 0. The summed E-state index contributed by atoms with van der Waals surface area (Å²) in [5, 5.41) is 9.62. The number of aliphatic hydroxyl groups excluding tert-OH is 1. The number of fused-ring (bicyclic) bond motifs is 1.